The van der Waals surface area contributed by atoms with E-state index in [1.54, 1.807) is 12.5 Å². The molecule has 3 heterocycles. The fourth-order valence-electron chi connectivity index (χ4n) is 5.47. The Hall–Kier alpha value is -2.81. The highest BCUT2D eigenvalue weighted by Crippen LogP contribution is 2.46. The summed E-state index contributed by atoms with van der Waals surface area (Å²) in [4.78, 5) is 4.25. The van der Waals surface area contributed by atoms with Crippen LogP contribution in [0.25, 0.3) is 0 Å². The van der Waals surface area contributed by atoms with Crippen LogP contribution in [0.1, 0.15) is 36.8 Å². The highest BCUT2D eigenvalue weighted by atomic mass is 79.9. The Morgan fingerprint density at radius 2 is 1.35 bits per heavy atom. The smallest absolute Gasteiger partial charge is 0.165 e. The zero-order valence-corrected chi connectivity index (χ0v) is 22.3. The van der Waals surface area contributed by atoms with Gasteiger partial charge in [0.1, 0.15) is 28.5 Å². The number of fused-ring (bicyclic) bond motifs is 1. The molecule has 0 radical (unpaired) electrons. The van der Waals surface area contributed by atoms with E-state index in [1.165, 1.54) is 0 Å². The van der Waals surface area contributed by atoms with Gasteiger partial charge >= 0.3 is 0 Å². The SMILES string of the molecule is CC1(C)O[C@@H]2[C@H](O1)[C@@H](COC(c1ccccc1)(c1ccccc1)c1ccccc1)O[C@H]2n1cncc1Br. The molecule has 4 atom stereocenters. The molecule has 0 unspecified atom stereocenters. The molecule has 0 bridgehead atoms. The van der Waals surface area contributed by atoms with Crippen LogP contribution >= 0.6 is 15.9 Å². The van der Waals surface area contributed by atoms with E-state index in [-0.39, 0.29) is 18.3 Å². The third-order valence-electron chi connectivity index (χ3n) is 7.02. The number of imidazole rings is 1. The number of hydrogen-bond acceptors (Lipinski definition) is 5. The van der Waals surface area contributed by atoms with E-state index >= 15 is 0 Å². The van der Waals surface area contributed by atoms with Crippen LogP contribution in [0.15, 0.2) is 108 Å². The summed E-state index contributed by atoms with van der Waals surface area (Å²) in [5.74, 6) is -0.724. The first kappa shape index (κ1) is 24.5. The van der Waals surface area contributed by atoms with Crippen molar-refractivity contribution in [2.24, 2.45) is 0 Å². The Morgan fingerprint density at radius 3 is 1.84 bits per heavy atom. The van der Waals surface area contributed by atoms with Crippen LogP contribution in [0.5, 0.6) is 0 Å². The van der Waals surface area contributed by atoms with Gasteiger partial charge < -0.3 is 18.9 Å². The van der Waals surface area contributed by atoms with Crippen LogP contribution in [-0.2, 0) is 24.5 Å². The standard InChI is InChI=1S/C30H29BrN2O4/c1-29(2)36-26-24(35-28(27(26)37-29)33-20-32-18-25(33)31)19-34-30(21-12-6-3-7-13-21,22-14-8-4-9-15-22)23-16-10-5-11-17-23/h3-18,20,24,26-28H,19H2,1-2H3/t24-,26-,27-,28-/m1/s1. The van der Waals surface area contributed by atoms with Gasteiger partial charge in [-0.1, -0.05) is 91.0 Å². The lowest BCUT2D eigenvalue weighted by molar-refractivity contribution is -0.205. The van der Waals surface area contributed by atoms with Crippen molar-refractivity contribution in [1.29, 1.82) is 0 Å². The number of ether oxygens (including phenoxy) is 4. The van der Waals surface area contributed by atoms with Gasteiger partial charge in [0, 0.05) is 0 Å². The largest absolute Gasteiger partial charge is 0.358 e. The molecule has 0 amide bonds. The zero-order valence-electron chi connectivity index (χ0n) is 20.7. The summed E-state index contributed by atoms with van der Waals surface area (Å²) in [6.07, 6.45) is 2.14. The molecule has 3 aromatic carbocycles. The molecule has 6 rings (SSSR count). The summed E-state index contributed by atoms with van der Waals surface area (Å²) in [5.41, 5.74) is 2.28. The molecule has 2 aliphatic heterocycles. The Morgan fingerprint density at radius 1 is 0.838 bits per heavy atom. The minimum atomic E-state index is -0.842. The van der Waals surface area contributed by atoms with Crippen LogP contribution in [-0.4, -0.2) is 40.3 Å². The number of nitrogens with zero attached hydrogens (tertiary/aromatic N) is 2. The second kappa shape index (κ2) is 9.82. The predicted octanol–water partition coefficient (Wildman–Crippen LogP) is 6.07. The van der Waals surface area contributed by atoms with Crippen molar-refractivity contribution < 1.29 is 18.9 Å². The maximum Gasteiger partial charge on any atom is 0.165 e. The lowest BCUT2D eigenvalue weighted by Gasteiger charge is -2.37. The van der Waals surface area contributed by atoms with Gasteiger partial charge in [-0.2, -0.15) is 0 Å². The van der Waals surface area contributed by atoms with Crippen LogP contribution in [0.4, 0.5) is 0 Å². The molecular weight excluding hydrogens is 532 g/mol. The second-order valence-corrected chi connectivity index (χ2v) is 10.7. The molecule has 0 N–H and O–H groups in total. The van der Waals surface area contributed by atoms with Crippen molar-refractivity contribution in [3.8, 4) is 0 Å². The summed E-state index contributed by atoms with van der Waals surface area (Å²) < 4.78 is 29.0. The zero-order chi connectivity index (χ0) is 25.5. The van der Waals surface area contributed by atoms with E-state index in [9.17, 15) is 0 Å². The predicted molar refractivity (Wildman–Crippen MR) is 143 cm³/mol. The van der Waals surface area contributed by atoms with E-state index in [4.69, 9.17) is 18.9 Å². The van der Waals surface area contributed by atoms with Gasteiger partial charge in [0.2, 0.25) is 0 Å². The summed E-state index contributed by atoms with van der Waals surface area (Å²) in [6, 6.07) is 31.0. The molecule has 0 saturated carbocycles. The Labute approximate surface area is 225 Å². The second-order valence-electron chi connectivity index (χ2n) is 9.84. The summed E-state index contributed by atoms with van der Waals surface area (Å²) in [7, 11) is 0. The van der Waals surface area contributed by atoms with Gasteiger partial charge in [-0.3, -0.25) is 4.57 Å². The van der Waals surface area contributed by atoms with Crippen molar-refractivity contribution in [3.05, 3.63) is 125 Å². The molecule has 2 fully saturated rings. The van der Waals surface area contributed by atoms with Crippen LogP contribution in [0.2, 0.25) is 0 Å². The molecule has 1 aromatic heterocycles. The maximum absolute atomic E-state index is 7.05. The number of hydrogen-bond donors (Lipinski definition) is 0. The fourth-order valence-corrected chi connectivity index (χ4v) is 5.88. The molecule has 6 nitrogen and oxygen atoms in total. The van der Waals surface area contributed by atoms with Gasteiger partial charge in [-0.25, -0.2) is 4.98 Å². The van der Waals surface area contributed by atoms with Crippen LogP contribution < -0.4 is 0 Å². The maximum atomic E-state index is 7.05. The number of benzene rings is 3. The molecule has 0 spiro atoms. The summed E-state index contributed by atoms with van der Waals surface area (Å²) >= 11 is 3.58. The first-order valence-corrected chi connectivity index (χ1v) is 13.3. The van der Waals surface area contributed by atoms with E-state index in [1.807, 2.05) is 73.0 Å². The number of halogens is 1. The van der Waals surface area contributed by atoms with Crippen molar-refractivity contribution in [3.63, 3.8) is 0 Å². The first-order valence-electron chi connectivity index (χ1n) is 12.5. The van der Waals surface area contributed by atoms with Crippen molar-refractivity contribution in [2.75, 3.05) is 6.61 Å². The fraction of sp³-hybridized carbons (Fsp3) is 0.300. The Bertz CT molecular complexity index is 1230. The van der Waals surface area contributed by atoms with E-state index in [0.717, 1.165) is 21.3 Å². The molecular formula is C30H29BrN2O4. The number of rotatable bonds is 7. The molecule has 4 aromatic rings. The van der Waals surface area contributed by atoms with Crippen LogP contribution in [0.3, 0.4) is 0 Å². The van der Waals surface area contributed by atoms with E-state index < -0.39 is 17.6 Å². The topological polar surface area (TPSA) is 54.7 Å². The van der Waals surface area contributed by atoms with Crippen molar-refractivity contribution in [2.45, 2.75) is 49.8 Å². The third kappa shape index (κ3) is 4.45. The normalized spacial score (nSPS) is 24.7. The molecule has 37 heavy (non-hydrogen) atoms. The molecule has 0 aliphatic carbocycles. The van der Waals surface area contributed by atoms with E-state index in [0.29, 0.717) is 6.61 Å². The minimum absolute atomic E-state index is 0.294. The monoisotopic (exact) mass is 560 g/mol. The van der Waals surface area contributed by atoms with Crippen molar-refractivity contribution >= 4 is 15.9 Å². The Kier molecular flexibility index (Phi) is 6.51. The lowest BCUT2D eigenvalue weighted by atomic mass is 9.80. The summed E-state index contributed by atoms with van der Waals surface area (Å²) in [6.45, 7) is 4.17. The highest BCUT2D eigenvalue weighted by molar-refractivity contribution is 9.10. The van der Waals surface area contributed by atoms with Gasteiger partial charge in [-0.15, -0.1) is 0 Å². The average Bonchev–Trinajstić information content (AvgIpc) is 3.58. The Balaban J connectivity index is 1.40. The molecule has 2 aliphatic rings. The van der Waals surface area contributed by atoms with Gasteiger partial charge in [0.15, 0.2) is 12.0 Å². The summed E-state index contributed by atoms with van der Waals surface area (Å²) in [5, 5.41) is 0. The lowest BCUT2D eigenvalue weighted by Crippen LogP contribution is -2.39. The van der Waals surface area contributed by atoms with Gasteiger partial charge in [0.05, 0.1) is 19.1 Å². The van der Waals surface area contributed by atoms with E-state index in [2.05, 4.69) is 57.3 Å². The van der Waals surface area contributed by atoms with Crippen molar-refractivity contribution in [1.82, 2.24) is 9.55 Å². The quantitative estimate of drug-likeness (QED) is 0.257. The van der Waals surface area contributed by atoms with Crippen LogP contribution in [0, 0.1) is 0 Å². The molecule has 190 valence electrons. The van der Waals surface area contributed by atoms with Gasteiger partial charge in [0.25, 0.3) is 0 Å². The average molecular weight is 561 g/mol. The third-order valence-corrected chi connectivity index (χ3v) is 7.64. The molecule has 2 saturated heterocycles. The molecule has 7 heteroatoms. The first-order chi connectivity index (χ1) is 18.0. The van der Waals surface area contributed by atoms with Gasteiger partial charge in [-0.05, 0) is 46.5 Å². The minimum Gasteiger partial charge on any atom is -0.358 e. The highest BCUT2D eigenvalue weighted by Gasteiger charge is 2.56. The number of aromatic nitrogens is 2.